The predicted octanol–water partition coefficient (Wildman–Crippen LogP) is 6.91. The first-order chi connectivity index (χ1) is 15.9. The standard InChI is InChI=1S/C27H37N3O3/c1-5-6-7-8-9-10-11-12-14-21-16-18-22(19-17-21)24-28-25(33-29-24)23-15-13-20-30(23)26(31)32-27(2,3)4/h16-19,23H,5-11,13,15,20H2,1-4H3/t23-/m0/s1. The highest BCUT2D eigenvalue weighted by atomic mass is 16.6. The molecule has 1 amide bonds. The summed E-state index contributed by atoms with van der Waals surface area (Å²) in [6.45, 7) is 8.46. The predicted molar refractivity (Wildman–Crippen MR) is 130 cm³/mol. The van der Waals surface area contributed by atoms with Crippen molar-refractivity contribution >= 4 is 6.09 Å². The Morgan fingerprint density at radius 3 is 2.61 bits per heavy atom. The Labute approximate surface area is 198 Å². The van der Waals surface area contributed by atoms with Gasteiger partial charge in [-0.1, -0.05) is 56.0 Å². The highest BCUT2D eigenvalue weighted by Gasteiger charge is 2.36. The van der Waals surface area contributed by atoms with Gasteiger partial charge in [-0.2, -0.15) is 4.98 Å². The molecule has 1 atom stereocenters. The summed E-state index contributed by atoms with van der Waals surface area (Å²) in [5.74, 6) is 7.49. The maximum atomic E-state index is 12.5. The van der Waals surface area contributed by atoms with Crippen LogP contribution in [-0.2, 0) is 4.74 Å². The highest BCUT2D eigenvalue weighted by Crippen LogP contribution is 2.33. The second-order valence-corrected chi connectivity index (χ2v) is 9.68. The maximum absolute atomic E-state index is 12.5. The monoisotopic (exact) mass is 451 g/mol. The fraction of sp³-hybridized carbons (Fsp3) is 0.593. The molecule has 1 fully saturated rings. The summed E-state index contributed by atoms with van der Waals surface area (Å²) in [4.78, 5) is 18.8. The molecule has 3 rings (SSSR count). The lowest BCUT2D eigenvalue weighted by molar-refractivity contribution is 0.0199. The van der Waals surface area contributed by atoms with Gasteiger partial charge < -0.3 is 9.26 Å². The van der Waals surface area contributed by atoms with Crippen molar-refractivity contribution in [2.45, 2.75) is 97.1 Å². The molecule has 1 aliphatic heterocycles. The van der Waals surface area contributed by atoms with E-state index in [-0.39, 0.29) is 12.1 Å². The molecule has 1 aromatic heterocycles. The fourth-order valence-electron chi connectivity index (χ4n) is 3.91. The molecule has 6 heteroatoms. The van der Waals surface area contributed by atoms with Gasteiger partial charge in [0.2, 0.25) is 11.7 Å². The van der Waals surface area contributed by atoms with Gasteiger partial charge in [0.05, 0.1) is 0 Å². The molecule has 2 aromatic rings. The average Bonchev–Trinajstić information content (AvgIpc) is 3.44. The lowest BCUT2D eigenvalue weighted by Crippen LogP contribution is -2.36. The van der Waals surface area contributed by atoms with E-state index in [9.17, 15) is 4.79 Å². The van der Waals surface area contributed by atoms with Gasteiger partial charge in [0.1, 0.15) is 11.6 Å². The number of amides is 1. The van der Waals surface area contributed by atoms with Crippen molar-refractivity contribution < 1.29 is 14.1 Å². The third kappa shape index (κ3) is 7.63. The molecule has 0 unspecified atom stereocenters. The number of aromatic nitrogens is 2. The van der Waals surface area contributed by atoms with Gasteiger partial charge in [0.25, 0.3) is 0 Å². The van der Waals surface area contributed by atoms with E-state index in [1.165, 1.54) is 38.5 Å². The molecule has 0 spiro atoms. The van der Waals surface area contributed by atoms with Crippen LogP contribution in [-0.4, -0.2) is 33.3 Å². The van der Waals surface area contributed by atoms with Crippen molar-refractivity contribution in [3.63, 3.8) is 0 Å². The van der Waals surface area contributed by atoms with Crippen LogP contribution in [0.4, 0.5) is 4.79 Å². The smallest absolute Gasteiger partial charge is 0.410 e. The van der Waals surface area contributed by atoms with Crippen LogP contribution in [0.2, 0.25) is 0 Å². The number of carbonyl (C=O) groups is 1. The summed E-state index contributed by atoms with van der Waals surface area (Å²) in [6, 6.07) is 7.66. The number of benzene rings is 1. The summed E-state index contributed by atoms with van der Waals surface area (Å²) >= 11 is 0. The minimum absolute atomic E-state index is 0.242. The van der Waals surface area contributed by atoms with Crippen LogP contribution < -0.4 is 0 Å². The molecule has 0 bridgehead atoms. The quantitative estimate of drug-likeness (QED) is 0.322. The molecule has 33 heavy (non-hydrogen) atoms. The van der Waals surface area contributed by atoms with Crippen molar-refractivity contribution in [2.75, 3.05) is 6.54 Å². The average molecular weight is 452 g/mol. The molecule has 0 saturated carbocycles. The Balaban J connectivity index is 1.55. The molecule has 1 aromatic carbocycles. The maximum Gasteiger partial charge on any atom is 0.410 e. The van der Waals surface area contributed by atoms with Gasteiger partial charge in [-0.25, -0.2) is 4.79 Å². The first kappa shape index (κ1) is 24.8. The van der Waals surface area contributed by atoms with E-state index >= 15 is 0 Å². The van der Waals surface area contributed by atoms with Crippen LogP contribution in [0.3, 0.4) is 0 Å². The van der Waals surface area contributed by atoms with Crippen molar-refractivity contribution in [3.05, 3.63) is 35.7 Å². The molecule has 1 aliphatic rings. The van der Waals surface area contributed by atoms with Gasteiger partial charge in [0, 0.05) is 24.1 Å². The van der Waals surface area contributed by atoms with Gasteiger partial charge in [-0.05, 0) is 64.3 Å². The number of hydrogen-bond acceptors (Lipinski definition) is 5. The molecule has 0 aliphatic carbocycles. The number of ether oxygens (including phenoxy) is 1. The zero-order chi connectivity index (χ0) is 23.7. The SMILES string of the molecule is CCCCCCCCC#Cc1ccc(-c2noc([C@@H]3CCCN3C(=O)OC(C)(C)C)n2)cc1. The number of nitrogens with zero attached hydrogens (tertiary/aromatic N) is 3. The van der Waals surface area contributed by atoms with E-state index in [1.54, 1.807) is 4.90 Å². The molecule has 0 N–H and O–H groups in total. The van der Waals surface area contributed by atoms with Crippen molar-refractivity contribution in [1.82, 2.24) is 15.0 Å². The zero-order valence-corrected chi connectivity index (χ0v) is 20.5. The lowest BCUT2D eigenvalue weighted by Gasteiger charge is -2.26. The molecule has 178 valence electrons. The summed E-state index contributed by atoms with van der Waals surface area (Å²) in [6.07, 6.45) is 9.97. The minimum atomic E-state index is -0.538. The van der Waals surface area contributed by atoms with Crippen molar-refractivity contribution in [2.24, 2.45) is 0 Å². The van der Waals surface area contributed by atoms with Gasteiger partial charge in [-0.3, -0.25) is 4.90 Å². The third-order valence-corrected chi connectivity index (χ3v) is 5.64. The highest BCUT2D eigenvalue weighted by molar-refractivity contribution is 5.69. The Morgan fingerprint density at radius 1 is 1.15 bits per heavy atom. The van der Waals surface area contributed by atoms with E-state index < -0.39 is 5.60 Å². The minimum Gasteiger partial charge on any atom is -0.444 e. The molecule has 2 heterocycles. The Hall–Kier alpha value is -2.81. The van der Waals surface area contributed by atoms with E-state index in [4.69, 9.17) is 9.26 Å². The van der Waals surface area contributed by atoms with E-state index in [0.717, 1.165) is 30.4 Å². The van der Waals surface area contributed by atoms with E-state index in [1.807, 2.05) is 45.0 Å². The Morgan fingerprint density at radius 2 is 1.88 bits per heavy atom. The summed E-state index contributed by atoms with van der Waals surface area (Å²) in [5.41, 5.74) is 1.32. The normalized spacial score (nSPS) is 15.9. The van der Waals surface area contributed by atoms with Crippen molar-refractivity contribution in [3.8, 4) is 23.2 Å². The van der Waals surface area contributed by atoms with Gasteiger partial charge >= 0.3 is 6.09 Å². The molecule has 0 radical (unpaired) electrons. The Kier molecular flexibility index (Phi) is 8.94. The lowest BCUT2D eigenvalue weighted by atomic mass is 10.1. The number of hydrogen-bond donors (Lipinski definition) is 0. The summed E-state index contributed by atoms with van der Waals surface area (Å²) in [7, 11) is 0. The van der Waals surface area contributed by atoms with E-state index in [0.29, 0.717) is 18.3 Å². The van der Waals surface area contributed by atoms with Gasteiger partial charge in [0.15, 0.2) is 0 Å². The zero-order valence-electron chi connectivity index (χ0n) is 20.5. The van der Waals surface area contributed by atoms with Crippen LogP contribution >= 0.6 is 0 Å². The topological polar surface area (TPSA) is 68.5 Å². The van der Waals surface area contributed by atoms with Crippen LogP contribution in [0.1, 0.15) is 103 Å². The Bertz CT molecular complexity index is 947. The summed E-state index contributed by atoms with van der Waals surface area (Å²) in [5, 5.41) is 4.15. The molecular weight excluding hydrogens is 414 g/mol. The summed E-state index contributed by atoms with van der Waals surface area (Å²) < 4.78 is 11.1. The van der Waals surface area contributed by atoms with Gasteiger partial charge in [-0.15, -0.1) is 0 Å². The number of rotatable bonds is 8. The van der Waals surface area contributed by atoms with Crippen LogP contribution in [0.5, 0.6) is 0 Å². The second-order valence-electron chi connectivity index (χ2n) is 9.68. The second kappa shape index (κ2) is 11.9. The first-order valence-electron chi connectivity index (χ1n) is 12.3. The van der Waals surface area contributed by atoms with Crippen LogP contribution in [0, 0.1) is 11.8 Å². The number of carbonyl (C=O) groups excluding carboxylic acids is 1. The van der Waals surface area contributed by atoms with Crippen LogP contribution in [0.15, 0.2) is 28.8 Å². The number of likely N-dealkylation sites (tertiary alicyclic amines) is 1. The first-order valence-corrected chi connectivity index (χ1v) is 12.3. The van der Waals surface area contributed by atoms with Crippen LogP contribution in [0.25, 0.3) is 11.4 Å². The van der Waals surface area contributed by atoms with E-state index in [2.05, 4.69) is 28.9 Å². The fourth-order valence-corrected chi connectivity index (χ4v) is 3.91. The van der Waals surface area contributed by atoms with Crippen molar-refractivity contribution in [1.29, 1.82) is 0 Å². The number of unbranched alkanes of at least 4 members (excludes halogenated alkanes) is 6. The third-order valence-electron chi connectivity index (χ3n) is 5.64. The molecule has 1 saturated heterocycles. The molecule has 6 nitrogen and oxygen atoms in total. The largest absolute Gasteiger partial charge is 0.444 e. The molecular formula is C27H37N3O3.